The van der Waals surface area contributed by atoms with E-state index in [9.17, 15) is 4.79 Å². The second kappa shape index (κ2) is 9.04. The van der Waals surface area contributed by atoms with Crippen molar-refractivity contribution in [2.45, 2.75) is 6.92 Å². The zero-order valence-corrected chi connectivity index (χ0v) is 16.4. The third-order valence-electron chi connectivity index (χ3n) is 3.53. The number of aryl methyl sites for hydroxylation is 1. The largest absolute Gasteiger partial charge is 0.476 e. The summed E-state index contributed by atoms with van der Waals surface area (Å²) in [6.45, 7) is 2.02. The van der Waals surface area contributed by atoms with E-state index >= 15 is 0 Å². The standard InChI is InChI=1S/C10H9N2.C10H7NO2.Ir/c1-9-7-11-12(8-9)10-5-3-2-4-6-10;12-10(13)9-8-4-2-1-3-7(8)5-6-11-9;/h2-5,7-8H,1H3;1-6H,(H,12,13);/q-1;;. The first-order valence-corrected chi connectivity index (χ1v) is 7.70. The zero-order valence-electron chi connectivity index (χ0n) is 14.0. The molecule has 2 heterocycles. The summed E-state index contributed by atoms with van der Waals surface area (Å²) in [7, 11) is 0. The molecule has 133 valence electrons. The van der Waals surface area contributed by atoms with Crippen LogP contribution >= 0.6 is 0 Å². The topological polar surface area (TPSA) is 68.0 Å². The summed E-state index contributed by atoms with van der Waals surface area (Å²) in [6.07, 6.45) is 5.32. The Bertz CT molecular complexity index is 995. The van der Waals surface area contributed by atoms with Gasteiger partial charge in [0.05, 0.1) is 6.20 Å². The molecule has 0 aliphatic rings. The Hall–Kier alpha value is -2.82. The minimum atomic E-state index is -0.989. The summed E-state index contributed by atoms with van der Waals surface area (Å²) in [5.74, 6) is -0.989. The summed E-state index contributed by atoms with van der Waals surface area (Å²) in [4.78, 5) is 14.6. The Morgan fingerprint density at radius 1 is 1.12 bits per heavy atom. The first-order valence-electron chi connectivity index (χ1n) is 7.70. The average Bonchev–Trinajstić information content (AvgIpc) is 3.09. The Kier molecular flexibility index (Phi) is 6.78. The minimum Gasteiger partial charge on any atom is -0.476 e. The number of nitrogens with zero attached hydrogens (tertiary/aromatic N) is 3. The number of aromatic carboxylic acids is 1. The fourth-order valence-electron chi connectivity index (χ4n) is 2.36. The van der Waals surface area contributed by atoms with Crippen LogP contribution in [0.25, 0.3) is 16.5 Å². The van der Waals surface area contributed by atoms with Crippen LogP contribution < -0.4 is 0 Å². The Labute approximate surface area is 164 Å². The Balaban J connectivity index is 0.000000180. The van der Waals surface area contributed by atoms with Crippen LogP contribution in [0.3, 0.4) is 0 Å². The first kappa shape index (κ1) is 19.5. The maximum absolute atomic E-state index is 10.8. The van der Waals surface area contributed by atoms with Gasteiger partial charge in [-0.3, -0.25) is 4.68 Å². The van der Waals surface area contributed by atoms with Crippen molar-refractivity contribution in [2.75, 3.05) is 0 Å². The second-order valence-electron chi connectivity index (χ2n) is 5.40. The van der Waals surface area contributed by atoms with Crippen LogP contribution in [-0.2, 0) is 20.1 Å². The number of rotatable bonds is 2. The van der Waals surface area contributed by atoms with Crippen molar-refractivity contribution in [3.05, 3.63) is 90.5 Å². The molecule has 0 atom stereocenters. The van der Waals surface area contributed by atoms with Crippen molar-refractivity contribution in [1.82, 2.24) is 14.8 Å². The number of pyridine rings is 1. The molecular weight excluding hydrogens is 506 g/mol. The van der Waals surface area contributed by atoms with Gasteiger partial charge in [-0.2, -0.15) is 29.4 Å². The van der Waals surface area contributed by atoms with Crippen molar-refractivity contribution in [3.8, 4) is 5.69 Å². The average molecular weight is 523 g/mol. The number of hydrogen-bond acceptors (Lipinski definition) is 3. The first-order chi connectivity index (χ1) is 12.1. The van der Waals surface area contributed by atoms with E-state index in [1.165, 1.54) is 6.20 Å². The molecule has 0 unspecified atom stereocenters. The molecule has 0 aliphatic heterocycles. The van der Waals surface area contributed by atoms with E-state index in [0.29, 0.717) is 5.39 Å². The molecule has 0 saturated carbocycles. The molecule has 0 aliphatic carbocycles. The van der Waals surface area contributed by atoms with E-state index < -0.39 is 5.97 Å². The van der Waals surface area contributed by atoms with Gasteiger partial charge in [-0.15, -0.1) is 6.07 Å². The van der Waals surface area contributed by atoms with Crippen molar-refractivity contribution in [1.29, 1.82) is 0 Å². The number of benzene rings is 2. The van der Waals surface area contributed by atoms with Gasteiger partial charge in [0.15, 0.2) is 5.69 Å². The van der Waals surface area contributed by atoms with Crippen molar-refractivity contribution < 1.29 is 30.0 Å². The molecule has 4 aromatic rings. The molecule has 1 radical (unpaired) electrons. The molecule has 2 aromatic heterocycles. The predicted molar refractivity (Wildman–Crippen MR) is 95.8 cm³/mol. The maximum atomic E-state index is 10.8. The smallest absolute Gasteiger partial charge is 0.355 e. The number of carbonyl (C=O) groups is 1. The molecule has 5 nitrogen and oxygen atoms in total. The van der Waals surface area contributed by atoms with Gasteiger partial charge >= 0.3 is 5.97 Å². The third-order valence-corrected chi connectivity index (χ3v) is 3.53. The maximum Gasteiger partial charge on any atom is 0.355 e. The van der Waals surface area contributed by atoms with Gasteiger partial charge in [0, 0.05) is 37.9 Å². The van der Waals surface area contributed by atoms with E-state index in [1.807, 2.05) is 60.4 Å². The van der Waals surface area contributed by atoms with Crippen LogP contribution in [0, 0.1) is 13.0 Å². The fraction of sp³-hybridized carbons (Fsp3) is 0.0500. The van der Waals surface area contributed by atoms with Gasteiger partial charge in [0.2, 0.25) is 0 Å². The monoisotopic (exact) mass is 523 g/mol. The van der Waals surface area contributed by atoms with Crippen LogP contribution in [0.2, 0.25) is 0 Å². The number of para-hydroxylation sites is 1. The quantitative estimate of drug-likeness (QED) is 0.406. The summed E-state index contributed by atoms with van der Waals surface area (Å²) in [6, 6.07) is 20.0. The third kappa shape index (κ3) is 4.63. The Morgan fingerprint density at radius 2 is 1.88 bits per heavy atom. The van der Waals surface area contributed by atoms with Crippen LogP contribution in [0.1, 0.15) is 16.1 Å². The predicted octanol–water partition coefficient (Wildman–Crippen LogP) is 3.91. The Morgan fingerprint density at radius 3 is 2.54 bits per heavy atom. The normalized spacial score (nSPS) is 9.73. The molecule has 0 spiro atoms. The number of carboxylic acid groups (broad SMARTS) is 1. The summed E-state index contributed by atoms with van der Waals surface area (Å²) in [5.41, 5.74) is 2.25. The van der Waals surface area contributed by atoms with E-state index in [0.717, 1.165) is 16.6 Å². The molecule has 1 N–H and O–H groups in total. The van der Waals surface area contributed by atoms with Gasteiger partial charge in [0.25, 0.3) is 0 Å². The van der Waals surface area contributed by atoms with Gasteiger partial charge in [0.1, 0.15) is 0 Å². The molecule has 0 fully saturated rings. The molecule has 6 heteroatoms. The molecule has 0 bridgehead atoms. The molecule has 4 rings (SSSR count). The molecule has 0 amide bonds. The fourth-order valence-corrected chi connectivity index (χ4v) is 2.36. The molecular formula is C20H16IrN3O2-. The summed E-state index contributed by atoms with van der Waals surface area (Å²) < 4.78 is 1.81. The van der Waals surface area contributed by atoms with Gasteiger partial charge in [-0.1, -0.05) is 24.3 Å². The van der Waals surface area contributed by atoms with Gasteiger partial charge < -0.3 is 5.11 Å². The number of aromatic nitrogens is 3. The van der Waals surface area contributed by atoms with Gasteiger partial charge in [-0.25, -0.2) is 9.78 Å². The SMILES string of the molecule is Cc1cnn(-c2[c-]cccc2)c1.O=C(O)c1nccc2ccccc12.[Ir]. The van der Waals surface area contributed by atoms with E-state index in [4.69, 9.17) is 5.11 Å². The summed E-state index contributed by atoms with van der Waals surface area (Å²) >= 11 is 0. The number of carboxylic acids is 1. The van der Waals surface area contributed by atoms with Crippen LogP contribution in [0.4, 0.5) is 0 Å². The van der Waals surface area contributed by atoms with Crippen LogP contribution in [0.5, 0.6) is 0 Å². The molecule has 26 heavy (non-hydrogen) atoms. The molecule has 2 aromatic carbocycles. The van der Waals surface area contributed by atoms with Crippen LogP contribution in [0.15, 0.2) is 73.2 Å². The van der Waals surface area contributed by atoms with Crippen molar-refractivity contribution in [2.24, 2.45) is 0 Å². The number of hydrogen-bond donors (Lipinski definition) is 1. The van der Waals surface area contributed by atoms with E-state index in [-0.39, 0.29) is 25.8 Å². The zero-order chi connectivity index (χ0) is 17.6. The number of fused-ring (bicyclic) bond motifs is 1. The van der Waals surface area contributed by atoms with Crippen LogP contribution in [-0.4, -0.2) is 25.8 Å². The van der Waals surface area contributed by atoms with Crippen molar-refractivity contribution >= 4 is 16.7 Å². The summed E-state index contributed by atoms with van der Waals surface area (Å²) in [5, 5.41) is 14.6. The van der Waals surface area contributed by atoms with Crippen molar-refractivity contribution in [3.63, 3.8) is 0 Å². The van der Waals surface area contributed by atoms with Gasteiger partial charge in [-0.05, 0) is 29.6 Å². The second-order valence-corrected chi connectivity index (χ2v) is 5.40. The minimum absolute atomic E-state index is 0. The molecule has 0 saturated heterocycles. The van der Waals surface area contributed by atoms with E-state index in [2.05, 4.69) is 16.1 Å². The van der Waals surface area contributed by atoms with E-state index in [1.54, 1.807) is 18.2 Å².